The number of aromatic nitrogens is 1. The number of aryl methyl sites for hydroxylation is 1. The van der Waals surface area contributed by atoms with Crippen LogP contribution in [-0.4, -0.2) is 48.1 Å². The quantitative estimate of drug-likeness (QED) is 0.550. The third kappa shape index (κ3) is 5.39. The van der Waals surface area contributed by atoms with Crippen LogP contribution in [0, 0.1) is 0 Å². The fraction of sp³-hybridized carbons (Fsp3) is 0.391. The number of alkyl halides is 3. The molecule has 178 valence electrons. The monoisotopic (exact) mass is 461 g/mol. The van der Waals surface area contributed by atoms with Gasteiger partial charge in [0.05, 0.1) is 22.8 Å². The Labute approximate surface area is 192 Å². The molecule has 0 saturated carbocycles. The van der Waals surface area contributed by atoms with Gasteiger partial charge < -0.3 is 21.3 Å². The van der Waals surface area contributed by atoms with E-state index in [2.05, 4.69) is 40.5 Å². The molecule has 2 aliphatic rings. The molecule has 0 radical (unpaired) electrons. The fourth-order valence-corrected chi connectivity index (χ4v) is 3.78. The molecule has 0 bridgehead atoms. The molecule has 2 atom stereocenters. The largest absolute Gasteiger partial charge is 0.408 e. The van der Waals surface area contributed by atoms with Crippen molar-refractivity contribution in [1.82, 2.24) is 20.6 Å². The van der Waals surface area contributed by atoms with E-state index in [-0.39, 0.29) is 11.7 Å². The molecule has 10 heteroatoms. The van der Waals surface area contributed by atoms with Gasteiger partial charge in [-0.2, -0.15) is 18.3 Å². The van der Waals surface area contributed by atoms with E-state index in [1.54, 1.807) is 30.4 Å². The maximum atomic E-state index is 13.0. The van der Waals surface area contributed by atoms with Gasteiger partial charge in [-0.15, -0.1) is 0 Å². The molecule has 3 rings (SSSR count). The van der Waals surface area contributed by atoms with Crippen molar-refractivity contribution in [2.45, 2.75) is 44.4 Å². The molecule has 0 aliphatic carbocycles. The van der Waals surface area contributed by atoms with E-state index < -0.39 is 12.2 Å². The lowest BCUT2D eigenvalue weighted by Crippen LogP contribution is -2.44. The van der Waals surface area contributed by atoms with Gasteiger partial charge in [-0.25, -0.2) is 4.98 Å². The highest BCUT2D eigenvalue weighted by Gasteiger charge is 2.36. The summed E-state index contributed by atoms with van der Waals surface area (Å²) in [5.74, 6) is 1.19. The van der Waals surface area contributed by atoms with E-state index in [4.69, 9.17) is 5.73 Å². The molecular weight excluding hydrogens is 431 g/mol. The van der Waals surface area contributed by atoms with E-state index in [9.17, 15) is 13.2 Å². The van der Waals surface area contributed by atoms with Crippen molar-refractivity contribution in [3.8, 4) is 0 Å². The maximum Gasteiger partial charge on any atom is 0.408 e. The van der Waals surface area contributed by atoms with Gasteiger partial charge in [-0.3, -0.25) is 5.01 Å². The molecule has 0 spiro atoms. The van der Waals surface area contributed by atoms with Crippen molar-refractivity contribution in [2.24, 2.45) is 10.8 Å². The van der Waals surface area contributed by atoms with Crippen LogP contribution in [-0.2, 0) is 6.42 Å². The zero-order chi connectivity index (χ0) is 24.3. The third-order valence-electron chi connectivity index (χ3n) is 5.74. The number of pyridine rings is 1. The van der Waals surface area contributed by atoms with Gasteiger partial charge in [0.1, 0.15) is 17.7 Å². The number of halogens is 3. The molecule has 4 N–H and O–H groups in total. The van der Waals surface area contributed by atoms with E-state index in [1.165, 1.54) is 0 Å². The van der Waals surface area contributed by atoms with Crippen LogP contribution in [0.5, 0.6) is 0 Å². The smallest absolute Gasteiger partial charge is 0.373 e. The Kier molecular flexibility index (Phi) is 7.16. The summed E-state index contributed by atoms with van der Waals surface area (Å²) in [5, 5.41) is 11.5. The minimum absolute atomic E-state index is 0.0319. The molecule has 0 unspecified atom stereocenters. The summed E-state index contributed by atoms with van der Waals surface area (Å²) in [4.78, 5) is 6.65. The van der Waals surface area contributed by atoms with Crippen LogP contribution >= 0.6 is 0 Å². The Morgan fingerprint density at radius 3 is 2.73 bits per heavy atom. The van der Waals surface area contributed by atoms with Crippen LogP contribution in [0.15, 0.2) is 60.3 Å². The van der Waals surface area contributed by atoms with E-state index in [0.29, 0.717) is 36.0 Å². The minimum Gasteiger partial charge on any atom is -0.373 e. The summed E-state index contributed by atoms with van der Waals surface area (Å²) >= 11 is 0. The second-order valence-corrected chi connectivity index (χ2v) is 8.09. The van der Waals surface area contributed by atoms with Crippen LogP contribution in [0.1, 0.15) is 31.0 Å². The predicted octanol–water partition coefficient (Wildman–Crippen LogP) is 3.45. The number of hydrazone groups is 1. The number of hydrogen-bond donors (Lipinski definition) is 3. The summed E-state index contributed by atoms with van der Waals surface area (Å²) in [6, 6.07) is 1.85. The normalized spacial score (nSPS) is 19.0. The van der Waals surface area contributed by atoms with E-state index >= 15 is 0 Å². The van der Waals surface area contributed by atoms with Crippen molar-refractivity contribution in [3.63, 3.8) is 0 Å². The lowest BCUT2D eigenvalue weighted by Gasteiger charge is -2.40. The van der Waals surface area contributed by atoms with Crippen LogP contribution < -0.4 is 21.3 Å². The topological polar surface area (TPSA) is 81.8 Å². The van der Waals surface area contributed by atoms with Crippen molar-refractivity contribution in [2.75, 3.05) is 18.5 Å². The van der Waals surface area contributed by atoms with Crippen LogP contribution in [0.3, 0.4) is 0 Å². The lowest BCUT2D eigenvalue weighted by molar-refractivity contribution is -0.148. The molecular formula is C23H30F3N7. The van der Waals surface area contributed by atoms with Gasteiger partial charge in [0.15, 0.2) is 0 Å². The third-order valence-corrected chi connectivity index (χ3v) is 5.74. The van der Waals surface area contributed by atoms with Gasteiger partial charge in [0.2, 0.25) is 0 Å². The highest BCUT2D eigenvalue weighted by Crippen LogP contribution is 2.34. The Morgan fingerprint density at radius 2 is 2.06 bits per heavy atom. The van der Waals surface area contributed by atoms with Gasteiger partial charge >= 0.3 is 6.18 Å². The van der Waals surface area contributed by atoms with Crippen molar-refractivity contribution < 1.29 is 13.2 Å². The minimum atomic E-state index is -4.39. The first-order valence-corrected chi connectivity index (χ1v) is 10.7. The van der Waals surface area contributed by atoms with Crippen LogP contribution in [0.2, 0.25) is 0 Å². The Bertz CT molecular complexity index is 996. The number of nitrogens with zero attached hydrogens (tertiary/aromatic N) is 4. The Morgan fingerprint density at radius 1 is 1.33 bits per heavy atom. The molecule has 2 aliphatic heterocycles. The molecule has 0 saturated heterocycles. The lowest BCUT2D eigenvalue weighted by atomic mass is 9.96. The van der Waals surface area contributed by atoms with Crippen molar-refractivity contribution in [1.29, 1.82) is 0 Å². The zero-order valence-corrected chi connectivity index (χ0v) is 18.9. The molecule has 3 heterocycles. The standard InChI is InChI=1S/C23H30F3N7/c1-14(29-16(3)23(24,25)26)20-9-7-18-6-8-19(10-12-27)33(22(18)31-20)17(4)30-21-11-13-28-32(5)15(21)2/h7,9,11,13,16,19,29-30H,1-2,4,6,8,10,12,27H2,3,5H3/t16-,19-/m1/s1. The highest BCUT2D eigenvalue weighted by atomic mass is 19.4. The zero-order valence-electron chi connectivity index (χ0n) is 18.9. The fourth-order valence-electron chi connectivity index (χ4n) is 3.78. The van der Waals surface area contributed by atoms with Gasteiger partial charge in [-0.05, 0) is 50.4 Å². The van der Waals surface area contributed by atoms with Gasteiger partial charge in [0.25, 0.3) is 0 Å². The molecule has 7 nitrogen and oxygen atoms in total. The number of hydrogen-bond acceptors (Lipinski definition) is 7. The number of nitrogens with two attached hydrogens (primary N) is 1. The number of anilines is 1. The number of nitrogens with one attached hydrogen (secondary N) is 2. The van der Waals surface area contributed by atoms with Crippen molar-refractivity contribution in [3.05, 3.63) is 66.4 Å². The SMILES string of the molecule is C=C(N[C@H](C)C(F)(F)F)c1ccc2c(n1)N(C(=C)NC1=CC=NN(C)C1=C)[C@@H](CCN)CC2. The average molecular weight is 462 g/mol. The summed E-state index contributed by atoms with van der Waals surface area (Å²) < 4.78 is 39.0. The first-order valence-electron chi connectivity index (χ1n) is 10.7. The summed E-state index contributed by atoms with van der Waals surface area (Å²) in [6.07, 6.45) is 1.39. The summed E-state index contributed by atoms with van der Waals surface area (Å²) in [7, 11) is 1.79. The van der Waals surface area contributed by atoms with Crippen LogP contribution in [0.4, 0.5) is 19.0 Å². The Hall–Kier alpha value is -3.27. The first kappa shape index (κ1) is 24.4. The van der Waals surface area contributed by atoms with Gasteiger partial charge in [0, 0.05) is 19.3 Å². The number of allylic oxidation sites excluding steroid dienone is 1. The maximum absolute atomic E-state index is 13.0. The van der Waals surface area contributed by atoms with E-state index in [1.807, 2.05) is 11.0 Å². The van der Waals surface area contributed by atoms with Crippen molar-refractivity contribution >= 4 is 17.7 Å². The second kappa shape index (κ2) is 9.70. The van der Waals surface area contributed by atoms with E-state index in [0.717, 1.165) is 31.0 Å². The molecule has 0 amide bonds. The number of rotatable bonds is 8. The Balaban J connectivity index is 1.91. The van der Waals surface area contributed by atoms with Gasteiger partial charge in [-0.1, -0.05) is 25.8 Å². The molecule has 1 aromatic heterocycles. The predicted molar refractivity (Wildman–Crippen MR) is 126 cm³/mol. The molecule has 0 fully saturated rings. The summed E-state index contributed by atoms with van der Waals surface area (Å²) in [5.41, 5.74) is 8.68. The molecule has 1 aromatic rings. The molecule has 0 aromatic carbocycles. The number of likely N-dealkylation sites (N-methyl/N-ethyl adjacent to an activating group) is 1. The first-order chi connectivity index (χ1) is 15.5. The second-order valence-electron chi connectivity index (χ2n) is 8.09. The van der Waals surface area contributed by atoms with Crippen LogP contribution in [0.25, 0.3) is 5.70 Å². The summed E-state index contributed by atoms with van der Waals surface area (Å²) in [6.45, 7) is 13.6. The number of fused-ring (bicyclic) bond motifs is 1. The highest BCUT2D eigenvalue weighted by molar-refractivity contribution is 5.75. The average Bonchev–Trinajstić information content (AvgIpc) is 2.75. The molecule has 33 heavy (non-hydrogen) atoms.